The summed E-state index contributed by atoms with van der Waals surface area (Å²) in [6, 6.07) is 8.26. The van der Waals surface area contributed by atoms with Gasteiger partial charge in [-0.25, -0.2) is 0 Å². The second kappa shape index (κ2) is 5.43. The Morgan fingerprint density at radius 3 is 2.74 bits per heavy atom. The average Bonchev–Trinajstić information content (AvgIpc) is 2.44. The van der Waals surface area contributed by atoms with Gasteiger partial charge in [-0.05, 0) is 37.0 Å². The summed E-state index contributed by atoms with van der Waals surface area (Å²) >= 11 is 6.00. The molecule has 0 saturated heterocycles. The van der Waals surface area contributed by atoms with Crippen molar-refractivity contribution in [1.29, 1.82) is 0 Å². The minimum atomic E-state index is 0.275. The number of halogens is 1. The highest BCUT2D eigenvalue weighted by atomic mass is 35.5. The molecular weight excluding hydrogens is 258 g/mol. The molecule has 0 aromatic heterocycles. The van der Waals surface area contributed by atoms with Crippen LogP contribution >= 0.6 is 11.6 Å². The SMILES string of the molecule is NC1CC(OCc2cccc(Cl)c2)C12CCCCC2. The number of ether oxygens (including phenoxy) is 1. The van der Waals surface area contributed by atoms with E-state index in [9.17, 15) is 0 Å². The summed E-state index contributed by atoms with van der Waals surface area (Å²) in [5, 5.41) is 0.777. The van der Waals surface area contributed by atoms with Crippen LogP contribution in [-0.2, 0) is 11.3 Å². The molecule has 3 rings (SSSR count). The Labute approximate surface area is 120 Å². The van der Waals surface area contributed by atoms with Gasteiger partial charge in [-0.1, -0.05) is 43.0 Å². The lowest BCUT2D eigenvalue weighted by molar-refractivity contribution is -0.149. The lowest BCUT2D eigenvalue weighted by Gasteiger charge is -2.56. The molecule has 2 saturated carbocycles. The van der Waals surface area contributed by atoms with Gasteiger partial charge < -0.3 is 10.5 Å². The normalized spacial score (nSPS) is 29.2. The van der Waals surface area contributed by atoms with Gasteiger partial charge in [-0.2, -0.15) is 0 Å². The summed E-state index contributed by atoms with van der Waals surface area (Å²) in [5.74, 6) is 0. The largest absolute Gasteiger partial charge is 0.373 e. The van der Waals surface area contributed by atoms with Crippen molar-refractivity contribution >= 4 is 11.6 Å². The minimum Gasteiger partial charge on any atom is -0.373 e. The van der Waals surface area contributed by atoms with Gasteiger partial charge in [-0.15, -0.1) is 0 Å². The molecule has 19 heavy (non-hydrogen) atoms. The zero-order valence-electron chi connectivity index (χ0n) is 11.3. The van der Waals surface area contributed by atoms with Crippen molar-refractivity contribution in [2.45, 2.75) is 57.3 Å². The van der Waals surface area contributed by atoms with Gasteiger partial charge in [0, 0.05) is 16.5 Å². The van der Waals surface area contributed by atoms with Crippen molar-refractivity contribution in [1.82, 2.24) is 0 Å². The maximum Gasteiger partial charge on any atom is 0.0721 e. The third kappa shape index (κ3) is 2.54. The molecule has 0 amide bonds. The van der Waals surface area contributed by atoms with Gasteiger partial charge in [0.1, 0.15) is 0 Å². The van der Waals surface area contributed by atoms with Crippen LogP contribution < -0.4 is 5.73 Å². The molecule has 2 aliphatic carbocycles. The lowest BCUT2D eigenvalue weighted by atomic mass is 9.55. The molecule has 2 nitrogen and oxygen atoms in total. The first-order valence-corrected chi connectivity index (χ1v) is 7.70. The second-order valence-corrected chi connectivity index (χ2v) is 6.50. The van der Waals surface area contributed by atoms with Crippen molar-refractivity contribution in [3.63, 3.8) is 0 Å². The monoisotopic (exact) mass is 279 g/mol. The first kappa shape index (κ1) is 13.4. The average molecular weight is 280 g/mol. The molecule has 0 radical (unpaired) electrons. The Bertz CT molecular complexity index is 442. The molecule has 1 aromatic rings. The second-order valence-electron chi connectivity index (χ2n) is 6.07. The summed E-state index contributed by atoms with van der Waals surface area (Å²) in [5.41, 5.74) is 7.70. The lowest BCUT2D eigenvalue weighted by Crippen LogP contribution is -2.62. The molecule has 0 aliphatic heterocycles. The Kier molecular flexibility index (Phi) is 3.84. The molecule has 1 spiro atoms. The maximum absolute atomic E-state index is 6.27. The van der Waals surface area contributed by atoms with E-state index in [1.165, 1.54) is 32.1 Å². The topological polar surface area (TPSA) is 35.2 Å². The summed E-state index contributed by atoms with van der Waals surface area (Å²) in [6.07, 6.45) is 7.83. The van der Waals surface area contributed by atoms with Crippen LogP contribution in [0.25, 0.3) is 0 Å². The van der Waals surface area contributed by atoms with Crippen molar-refractivity contribution in [2.24, 2.45) is 11.1 Å². The van der Waals surface area contributed by atoms with E-state index in [1.807, 2.05) is 18.2 Å². The van der Waals surface area contributed by atoms with Crippen molar-refractivity contribution in [3.8, 4) is 0 Å². The van der Waals surface area contributed by atoms with Crippen LogP contribution in [0.4, 0.5) is 0 Å². The van der Waals surface area contributed by atoms with Gasteiger partial charge in [0.2, 0.25) is 0 Å². The van der Waals surface area contributed by atoms with E-state index in [2.05, 4.69) is 6.07 Å². The van der Waals surface area contributed by atoms with E-state index >= 15 is 0 Å². The minimum absolute atomic E-state index is 0.275. The van der Waals surface area contributed by atoms with E-state index in [4.69, 9.17) is 22.1 Å². The molecule has 1 aromatic carbocycles. The highest BCUT2D eigenvalue weighted by Gasteiger charge is 2.53. The molecule has 2 N–H and O–H groups in total. The Balaban J connectivity index is 1.61. The van der Waals surface area contributed by atoms with Crippen LogP contribution in [0.2, 0.25) is 5.02 Å². The van der Waals surface area contributed by atoms with Crippen LogP contribution in [0.3, 0.4) is 0 Å². The highest BCUT2D eigenvalue weighted by molar-refractivity contribution is 6.30. The number of hydrogen-bond acceptors (Lipinski definition) is 2. The smallest absolute Gasteiger partial charge is 0.0721 e. The van der Waals surface area contributed by atoms with Crippen LogP contribution in [0.5, 0.6) is 0 Å². The summed E-state index contributed by atoms with van der Waals surface area (Å²) < 4.78 is 6.14. The number of benzene rings is 1. The predicted molar refractivity (Wildman–Crippen MR) is 78.1 cm³/mol. The van der Waals surface area contributed by atoms with Crippen molar-refractivity contribution in [3.05, 3.63) is 34.9 Å². The van der Waals surface area contributed by atoms with Crippen LogP contribution in [-0.4, -0.2) is 12.1 Å². The number of nitrogens with two attached hydrogens (primary N) is 1. The standard InChI is InChI=1S/C16H22ClNO/c17-13-6-4-5-12(9-13)11-19-15-10-14(18)16(15)7-2-1-3-8-16/h4-6,9,14-15H,1-3,7-8,10-11,18H2. The maximum atomic E-state index is 6.27. The van der Waals surface area contributed by atoms with Crippen molar-refractivity contribution in [2.75, 3.05) is 0 Å². The molecular formula is C16H22ClNO. The molecule has 0 heterocycles. The van der Waals surface area contributed by atoms with Gasteiger partial charge in [0.05, 0.1) is 12.7 Å². The van der Waals surface area contributed by atoms with Gasteiger partial charge >= 0.3 is 0 Å². The molecule has 2 atom stereocenters. The fraction of sp³-hybridized carbons (Fsp3) is 0.625. The predicted octanol–water partition coefficient (Wildman–Crippen LogP) is 3.91. The van der Waals surface area contributed by atoms with E-state index < -0.39 is 0 Å². The molecule has 0 bridgehead atoms. The Morgan fingerprint density at radius 2 is 2.05 bits per heavy atom. The third-order valence-electron chi connectivity index (χ3n) is 4.97. The molecule has 104 valence electrons. The summed E-state index contributed by atoms with van der Waals surface area (Å²) in [4.78, 5) is 0. The van der Waals surface area contributed by atoms with E-state index in [1.54, 1.807) is 0 Å². The quantitative estimate of drug-likeness (QED) is 0.910. The first-order chi connectivity index (χ1) is 9.21. The highest BCUT2D eigenvalue weighted by Crippen LogP contribution is 2.52. The number of rotatable bonds is 3. The van der Waals surface area contributed by atoms with Crippen LogP contribution in [0.1, 0.15) is 44.1 Å². The molecule has 3 heteroatoms. The van der Waals surface area contributed by atoms with Gasteiger partial charge in [0.15, 0.2) is 0 Å². The summed E-state index contributed by atoms with van der Waals surface area (Å²) in [7, 11) is 0. The Hall–Kier alpha value is -0.570. The zero-order valence-corrected chi connectivity index (χ0v) is 12.0. The Morgan fingerprint density at radius 1 is 1.26 bits per heavy atom. The van der Waals surface area contributed by atoms with Crippen LogP contribution in [0.15, 0.2) is 24.3 Å². The molecule has 2 aliphatic rings. The fourth-order valence-electron chi connectivity index (χ4n) is 3.74. The zero-order chi connectivity index (χ0) is 13.3. The third-order valence-corrected chi connectivity index (χ3v) is 5.21. The van der Waals surface area contributed by atoms with E-state index in [0.29, 0.717) is 18.8 Å². The summed E-state index contributed by atoms with van der Waals surface area (Å²) in [6.45, 7) is 0.652. The fourth-order valence-corrected chi connectivity index (χ4v) is 3.95. The van der Waals surface area contributed by atoms with Gasteiger partial charge in [-0.3, -0.25) is 0 Å². The number of hydrogen-bond donors (Lipinski definition) is 1. The first-order valence-electron chi connectivity index (χ1n) is 7.32. The van der Waals surface area contributed by atoms with E-state index in [-0.39, 0.29) is 5.41 Å². The molecule has 2 fully saturated rings. The molecule has 2 unspecified atom stereocenters. The van der Waals surface area contributed by atoms with Gasteiger partial charge in [0.25, 0.3) is 0 Å². The van der Waals surface area contributed by atoms with Crippen molar-refractivity contribution < 1.29 is 4.74 Å². The van der Waals surface area contributed by atoms with E-state index in [0.717, 1.165) is 17.0 Å². The van der Waals surface area contributed by atoms with Crippen LogP contribution in [0, 0.1) is 5.41 Å².